The van der Waals surface area contributed by atoms with Gasteiger partial charge in [0.25, 0.3) is 0 Å². The first kappa shape index (κ1) is 15.8. The third-order valence-electron chi connectivity index (χ3n) is 1.12. The van der Waals surface area contributed by atoms with E-state index in [1.807, 2.05) is 0 Å². The van der Waals surface area contributed by atoms with Gasteiger partial charge in [0.2, 0.25) is 5.91 Å². The summed E-state index contributed by atoms with van der Waals surface area (Å²) in [6.45, 7) is 1.68. The number of carbonyl (C=O) groups excluding carboxylic acids is 1. The van der Waals surface area contributed by atoms with Crippen molar-refractivity contribution in [1.29, 1.82) is 0 Å². The Hall–Kier alpha value is -0.620. The summed E-state index contributed by atoms with van der Waals surface area (Å²) >= 11 is 7.31. The summed E-state index contributed by atoms with van der Waals surface area (Å²) < 4.78 is 0. The normalized spacial score (nSPS) is 11.4. The number of rotatable bonds is 4. The van der Waals surface area contributed by atoms with Crippen molar-refractivity contribution in [1.82, 2.24) is 5.32 Å². The zero-order valence-corrected chi connectivity index (χ0v) is 9.89. The molecule has 2 N–H and O–H groups in total. The van der Waals surface area contributed by atoms with Crippen LogP contribution in [0.25, 0.3) is 0 Å². The zero-order chi connectivity index (χ0) is 11.6. The highest BCUT2D eigenvalue weighted by Gasteiger charge is 2.15. The van der Waals surface area contributed by atoms with Crippen molar-refractivity contribution in [3.63, 3.8) is 0 Å². The average Bonchev–Trinajstić information content (AvgIpc) is 2.17. The van der Waals surface area contributed by atoms with E-state index < -0.39 is 17.9 Å². The molecule has 0 aromatic heterocycles. The van der Waals surface area contributed by atoms with Gasteiger partial charge in [0.15, 0.2) is 0 Å². The zero-order valence-electron chi connectivity index (χ0n) is 8.10. The smallest absolute Gasteiger partial charge is 0.327 e. The molecular weight excluding hydrogens is 222 g/mol. The van der Waals surface area contributed by atoms with Gasteiger partial charge in [-0.15, -0.1) is 0 Å². The SMILES string of the molecule is CC=CC(=O)NC(CS)C(=O)O.CS. The number of nitrogens with one attached hydrogen (secondary N) is 1. The van der Waals surface area contributed by atoms with Gasteiger partial charge in [0.05, 0.1) is 0 Å². The first-order valence-corrected chi connectivity index (χ1v) is 5.36. The van der Waals surface area contributed by atoms with Crippen LogP contribution in [-0.2, 0) is 9.59 Å². The van der Waals surface area contributed by atoms with E-state index >= 15 is 0 Å². The lowest BCUT2D eigenvalue weighted by atomic mass is 10.3. The lowest BCUT2D eigenvalue weighted by Crippen LogP contribution is -2.41. The van der Waals surface area contributed by atoms with Crippen LogP contribution in [0.1, 0.15) is 6.92 Å². The summed E-state index contributed by atoms with van der Waals surface area (Å²) in [5.74, 6) is -1.42. The second-order valence-electron chi connectivity index (χ2n) is 2.08. The van der Waals surface area contributed by atoms with Gasteiger partial charge in [0.1, 0.15) is 6.04 Å². The van der Waals surface area contributed by atoms with Crippen LogP contribution in [0.3, 0.4) is 0 Å². The van der Waals surface area contributed by atoms with E-state index in [2.05, 4.69) is 30.6 Å². The number of thiol groups is 2. The minimum Gasteiger partial charge on any atom is -0.480 e. The number of aliphatic carboxylic acids is 1. The number of carboxylic acid groups (broad SMARTS) is 1. The van der Waals surface area contributed by atoms with Gasteiger partial charge in [-0.05, 0) is 19.3 Å². The van der Waals surface area contributed by atoms with Gasteiger partial charge < -0.3 is 10.4 Å². The summed E-state index contributed by atoms with van der Waals surface area (Å²) in [6, 6.07) is -0.919. The number of allylic oxidation sites excluding steroid dienone is 1. The molecule has 0 rings (SSSR count). The molecule has 1 unspecified atom stereocenters. The van der Waals surface area contributed by atoms with Gasteiger partial charge in [0, 0.05) is 5.75 Å². The minimum atomic E-state index is -1.08. The fourth-order valence-corrected chi connectivity index (χ4v) is 0.804. The average molecular weight is 237 g/mol. The Labute approximate surface area is 94.6 Å². The molecule has 6 heteroatoms. The van der Waals surface area contributed by atoms with Crippen LogP contribution in [0.5, 0.6) is 0 Å². The molecule has 0 fully saturated rings. The number of hydrogen-bond donors (Lipinski definition) is 4. The molecule has 1 atom stereocenters. The fourth-order valence-electron chi connectivity index (χ4n) is 0.557. The molecule has 82 valence electrons. The van der Waals surface area contributed by atoms with Crippen molar-refractivity contribution in [2.45, 2.75) is 13.0 Å². The van der Waals surface area contributed by atoms with E-state index in [9.17, 15) is 9.59 Å². The second kappa shape index (κ2) is 10.5. The Bertz CT molecular complexity index is 207. The maximum absolute atomic E-state index is 10.8. The Morgan fingerprint density at radius 2 is 2.00 bits per heavy atom. The maximum Gasteiger partial charge on any atom is 0.327 e. The lowest BCUT2D eigenvalue weighted by molar-refractivity contribution is -0.140. The van der Waals surface area contributed by atoms with Crippen molar-refractivity contribution >= 4 is 37.1 Å². The third kappa shape index (κ3) is 8.00. The molecular formula is C8H15NO3S2. The van der Waals surface area contributed by atoms with Crippen LogP contribution in [0.2, 0.25) is 0 Å². The Morgan fingerprint density at radius 3 is 2.29 bits per heavy atom. The van der Waals surface area contributed by atoms with Gasteiger partial charge in [-0.25, -0.2) is 4.79 Å². The summed E-state index contributed by atoms with van der Waals surface area (Å²) in [6.07, 6.45) is 4.49. The molecule has 0 radical (unpaired) electrons. The van der Waals surface area contributed by atoms with E-state index in [-0.39, 0.29) is 5.75 Å². The van der Waals surface area contributed by atoms with Crippen molar-refractivity contribution in [2.24, 2.45) is 0 Å². The van der Waals surface area contributed by atoms with Gasteiger partial charge in [-0.1, -0.05) is 6.08 Å². The predicted molar refractivity (Wildman–Crippen MR) is 63.1 cm³/mol. The number of amides is 1. The molecule has 1 amide bonds. The molecule has 0 bridgehead atoms. The van der Waals surface area contributed by atoms with Crippen molar-refractivity contribution < 1.29 is 14.7 Å². The Balaban J connectivity index is 0. The van der Waals surface area contributed by atoms with E-state index in [1.165, 1.54) is 12.2 Å². The van der Waals surface area contributed by atoms with E-state index in [0.29, 0.717) is 0 Å². The number of hydrogen-bond acceptors (Lipinski definition) is 4. The fraction of sp³-hybridized carbons (Fsp3) is 0.500. The summed E-state index contributed by atoms with van der Waals surface area (Å²) in [5, 5.41) is 10.8. The second-order valence-corrected chi connectivity index (χ2v) is 2.45. The van der Waals surface area contributed by atoms with Crippen molar-refractivity contribution in [3.8, 4) is 0 Å². The topological polar surface area (TPSA) is 66.4 Å². The van der Waals surface area contributed by atoms with E-state index in [0.717, 1.165) is 0 Å². The molecule has 0 aliphatic carbocycles. The predicted octanol–water partition coefficient (Wildman–Crippen LogP) is 0.608. The molecule has 0 aromatic carbocycles. The van der Waals surface area contributed by atoms with Gasteiger partial charge in [-0.3, -0.25) is 4.79 Å². The highest BCUT2D eigenvalue weighted by molar-refractivity contribution is 7.80. The molecule has 0 heterocycles. The van der Waals surface area contributed by atoms with Crippen LogP contribution in [0, 0.1) is 0 Å². The van der Waals surface area contributed by atoms with Gasteiger partial charge in [-0.2, -0.15) is 25.3 Å². The van der Waals surface area contributed by atoms with Crippen LogP contribution < -0.4 is 5.32 Å². The monoisotopic (exact) mass is 237 g/mol. The molecule has 0 aliphatic rings. The maximum atomic E-state index is 10.8. The molecule has 0 aromatic rings. The van der Waals surface area contributed by atoms with E-state index in [4.69, 9.17) is 5.11 Å². The Kier molecular flexibility index (Phi) is 11.8. The number of carbonyl (C=O) groups is 2. The van der Waals surface area contributed by atoms with E-state index in [1.54, 1.807) is 13.2 Å². The molecule has 4 nitrogen and oxygen atoms in total. The summed E-state index contributed by atoms with van der Waals surface area (Å²) in [4.78, 5) is 21.2. The van der Waals surface area contributed by atoms with Gasteiger partial charge >= 0.3 is 5.97 Å². The molecule has 14 heavy (non-hydrogen) atoms. The molecule has 0 spiro atoms. The van der Waals surface area contributed by atoms with Crippen LogP contribution >= 0.6 is 25.3 Å². The summed E-state index contributed by atoms with van der Waals surface area (Å²) in [5.41, 5.74) is 0. The Morgan fingerprint density at radius 1 is 1.50 bits per heavy atom. The molecule has 0 aliphatic heterocycles. The standard InChI is InChI=1S/C7H11NO3S.CH4S/c1-2-3-6(9)8-5(4-12)7(10)11;1-2/h2-3,5,12H,4H2,1H3,(H,8,9)(H,10,11);2H,1H3. The lowest BCUT2D eigenvalue weighted by Gasteiger charge is -2.08. The quantitative estimate of drug-likeness (QED) is 0.428. The first-order valence-electron chi connectivity index (χ1n) is 3.83. The highest BCUT2D eigenvalue weighted by Crippen LogP contribution is 1.88. The minimum absolute atomic E-state index is 0.0820. The van der Waals surface area contributed by atoms with Crippen LogP contribution in [0.4, 0.5) is 0 Å². The molecule has 0 saturated carbocycles. The largest absolute Gasteiger partial charge is 0.480 e. The first-order chi connectivity index (χ1) is 6.61. The third-order valence-corrected chi connectivity index (χ3v) is 1.48. The summed E-state index contributed by atoms with van der Waals surface area (Å²) in [7, 11) is 0. The molecule has 0 saturated heterocycles. The number of carboxylic acids is 1. The van der Waals surface area contributed by atoms with Crippen LogP contribution in [0.15, 0.2) is 12.2 Å². The van der Waals surface area contributed by atoms with Crippen molar-refractivity contribution in [3.05, 3.63) is 12.2 Å². The highest BCUT2D eigenvalue weighted by atomic mass is 32.1. The van der Waals surface area contributed by atoms with Crippen molar-refractivity contribution in [2.75, 3.05) is 12.0 Å². The van der Waals surface area contributed by atoms with Crippen LogP contribution in [-0.4, -0.2) is 35.0 Å².